The minimum absolute atomic E-state index is 0.0873. The number of hydrogen-bond donors (Lipinski definition) is 1. The van der Waals surface area contributed by atoms with Gasteiger partial charge in [0.2, 0.25) is 5.69 Å². The Morgan fingerprint density at radius 2 is 2.17 bits per heavy atom. The second-order valence-electron chi connectivity index (χ2n) is 6.82. The summed E-state index contributed by atoms with van der Waals surface area (Å²) in [5.74, 6) is -2.15. The topological polar surface area (TPSA) is 94.8 Å². The molecule has 0 unspecified atom stereocenters. The van der Waals surface area contributed by atoms with Crippen molar-refractivity contribution in [3.8, 4) is 0 Å². The number of Topliss-reactive ketones (excluding diaryl/α,β-unsaturated/α-hetero) is 1. The number of rotatable bonds is 5. The lowest BCUT2D eigenvalue weighted by atomic mass is 9.88. The first-order valence-electron chi connectivity index (χ1n) is 8.68. The first-order chi connectivity index (χ1) is 13.8. The molecule has 2 aromatic rings. The van der Waals surface area contributed by atoms with Crippen LogP contribution in [0.4, 0.5) is 18.9 Å². The molecule has 0 amide bonds. The van der Waals surface area contributed by atoms with Gasteiger partial charge in [-0.1, -0.05) is 6.07 Å². The molecule has 10 heteroatoms. The van der Waals surface area contributed by atoms with Crippen molar-refractivity contribution in [1.29, 1.82) is 0 Å². The molecule has 1 aliphatic heterocycles. The third kappa shape index (κ3) is 3.18. The number of ether oxygens (including phenoxy) is 1. The number of aliphatic imine (C=N–C) groups is 1. The number of amidine groups is 1. The van der Waals surface area contributed by atoms with E-state index in [0.717, 1.165) is 6.07 Å². The molecule has 3 heterocycles. The van der Waals surface area contributed by atoms with Crippen LogP contribution in [0.1, 0.15) is 28.3 Å². The number of nitrogens with zero attached hydrogens (tertiary/aromatic N) is 4. The van der Waals surface area contributed by atoms with Gasteiger partial charge in [-0.05, 0) is 24.6 Å². The van der Waals surface area contributed by atoms with Gasteiger partial charge in [0.1, 0.15) is 23.3 Å². The summed E-state index contributed by atoms with van der Waals surface area (Å²) in [6.07, 6.45) is -2.38. The quantitative estimate of drug-likeness (QED) is 0.614. The molecule has 29 heavy (non-hydrogen) atoms. The van der Waals surface area contributed by atoms with Crippen molar-refractivity contribution in [2.75, 3.05) is 0 Å². The number of hydrogen-bond acceptors (Lipinski definition) is 6. The lowest BCUT2D eigenvalue weighted by Crippen LogP contribution is -2.44. The minimum atomic E-state index is -3.06. The molecule has 3 atom stereocenters. The third-order valence-electron chi connectivity index (χ3n) is 4.98. The Kier molecular flexibility index (Phi) is 4.45. The van der Waals surface area contributed by atoms with Crippen molar-refractivity contribution in [3.63, 3.8) is 0 Å². The molecule has 4 rings (SSSR count). The van der Waals surface area contributed by atoms with E-state index in [1.807, 2.05) is 0 Å². The SMILES string of the molecule is [C-]#[N+]c1ccc(C(=O)Cc2ccc(F)c([C@@]3(C(F)F)N=C(N)O[C@@H]4C[C@@H]43)n2)nc1. The fourth-order valence-corrected chi connectivity index (χ4v) is 3.49. The summed E-state index contributed by atoms with van der Waals surface area (Å²) in [5.41, 5.74) is 3.20. The molecule has 0 bridgehead atoms. The lowest BCUT2D eigenvalue weighted by Gasteiger charge is -2.32. The van der Waals surface area contributed by atoms with Crippen molar-refractivity contribution in [2.24, 2.45) is 16.6 Å². The molecular weight excluding hydrogens is 387 g/mol. The minimum Gasteiger partial charge on any atom is -0.462 e. The fraction of sp³-hybridized carbons (Fsp3) is 0.316. The first kappa shape index (κ1) is 18.9. The molecule has 148 valence electrons. The molecule has 1 fully saturated rings. The second-order valence-corrected chi connectivity index (χ2v) is 6.82. The van der Waals surface area contributed by atoms with E-state index in [0.29, 0.717) is 0 Å². The van der Waals surface area contributed by atoms with Crippen LogP contribution in [0.5, 0.6) is 0 Å². The van der Waals surface area contributed by atoms with E-state index in [-0.39, 0.29) is 29.9 Å². The average Bonchev–Trinajstić information content (AvgIpc) is 3.48. The molecule has 2 aromatic heterocycles. The predicted molar refractivity (Wildman–Crippen MR) is 95.0 cm³/mol. The predicted octanol–water partition coefficient (Wildman–Crippen LogP) is 2.79. The number of carbonyl (C=O) groups is 1. The Morgan fingerprint density at radius 3 is 2.83 bits per heavy atom. The number of nitrogens with two attached hydrogens (primary N) is 1. The molecule has 1 aliphatic carbocycles. The zero-order valence-corrected chi connectivity index (χ0v) is 14.8. The van der Waals surface area contributed by atoms with Crippen LogP contribution in [0.2, 0.25) is 0 Å². The summed E-state index contributed by atoms with van der Waals surface area (Å²) in [6.45, 7) is 6.89. The molecule has 1 saturated carbocycles. The first-order valence-corrected chi connectivity index (χ1v) is 8.68. The van der Waals surface area contributed by atoms with Crippen molar-refractivity contribution in [1.82, 2.24) is 9.97 Å². The van der Waals surface area contributed by atoms with Crippen molar-refractivity contribution in [3.05, 3.63) is 64.8 Å². The van der Waals surface area contributed by atoms with Crippen LogP contribution < -0.4 is 5.73 Å². The van der Waals surface area contributed by atoms with E-state index in [4.69, 9.17) is 17.0 Å². The molecule has 0 saturated heterocycles. The summed E-state index contributed by atoms with van der Waals surface area (Å²) in [5, 5.41) is 0. The molecular formula is C19H14F3N5O2. The van der Waals surface area contributed by atoms with E-state index in [1.165, 1.54) is 24.4 Å². The van der Waals surface area contributed by atoms with Crippen LogP contribution in [-0.4, -0.2) is 34.3 Å². The van der Waals surface area contributed by atoms with Crippen molar-refractivity contribution < 1.29 is 22.7 Å². The zero-order chi connectivity index (χ0) is 20.8. The van der Waals surface area contributed by atoms with Gasteiger partial charge in [-0.3, -0.25) is 14.8 Å². The Labute approximate surface area is 163 Å². The van der Waals surface area contributed by atoms with Gasteiger partial charge in [0.05, 0.1) is 13.0 Å². The highest BCUT2D eigenvalue weighted by Gasteiger charge is 2.65. The van der Waals surface area contributed by atoms with Gasteiger partial charge >= 0.3 is 0 Å². The van der Waals surface area contributed by atoms with Gasteiger partial charge in [0.25, 0.3) is 12.4 Å². The van der Waals surface area contributed by atoms with E-state index in [1.54, 1.807) is 0 Å². The van der Waals surface area contributed by atoms with E-state index >= 15 is 0 Å². The van der Waals surface area contributed by atoms with E-state index in [2.05, 4.69) is 19.8 Å². The Bertz CT molecular complexity index is 1050. The molecule has 0 aromatic carbocycles. The number of fused-ring (bicyclic) bond motifs is 1. The molecule has 0 spiro atoms. The lowest BCUT2D eigenvalue weighted by molar-refractivity contribution is 0.0149. The van der Waals surface area contributed by atoms with Crippen LogP contribution in [0, 0.1) is 18.3 Å². The van der Waals surface area contributed by atoms with Crippen LogP contribution >= 0.6 is 0 Å². The maximum absolute atomic E-state index is 14.5. The van der Waals surface area contributed by atoms with Gasteiger partial charge in [-0.15, -0.1) is 0 Å². The largest absolute Gasteiger partial charge is 0.462 e. The molecule has 2 N–H and O–H groups in total. The van der Waals surface area contributed by atoms with Crippen molar-refractivity contribution >= 4 is 17.5 Å². The highest BCUT2D eigenvalue weighted by molar-refractivity contribution is 5.95. The van der Waals surface area contributed by atoms with Gasteiger partial charge in [-0.25, -0.2) is 23.0 Å². The highest BCUT2D eigenvalue weighted by atomic mass is 19.3. The Morgan fingerprint density at radius 1 is 1.38 bits per heavy atom. The fourth-order valence-electron chi connectivity index (χ4n) is 3.49. The monoisotopic (exact) mass is 401 g/mol. The Balaban J connectivity index is 1.68. The summed E-state index contributed by atoms with van der Waals surface area (Å²) in [6, 6.07) is 4.63. The summed E-state index contributed by atoms with van der Waals surface area (Å²) in [7, 11) is 0. The van der Waals surface area contributed by atoms with Gasteiger partial charge in [0, 0.05) is 17.8 Å². The standard InChI is InChI=1S/C19H14F3N5O2/c1-24-10-3-5-13(25-8-10)14(28)6-9-2-4-12(20)16(26-9)19(17(21)22)11-7-15(11)29-18(23)27-19/h2-5,8,11,15,17H,6-7H2,(H2,23,27)/t11-,15+,19-/m0/s1. The summed E-state index contributed by atoms with van der Waals surface area (Å²) in [4.78, 5) is 27.3. The summed E-state index contributed by atoms with van der Waals surface area (Å²) >= 11 is 0. The highest BCUT2D eigenvalue weighted by Crippen LogP contribution is 2.55. The molecule has 7 nitrogen and oxygen atoms in total. The van der Waals surface area contributed by atoms with Gasteiger partial charge in [0.15, 0.2) is 11.3 Å². The number of alkyl halides is 2. The Hall–Kier alpha value is -3.48. The molecule has 2 aliphatic rings. The van der Waals surface area contributed by atoms with Crippen LogP contribution in [0.15, 0.2) is 35.5 Å². The number of carbonyl (C=O) groups excluding carboxylic acids is 1. The average molecular weight is 401 g/mol. The van der Waals surface area contributed by atoms with E-state index in [9.17, 15) is 18.0 Å². The number of aromatic nitrogens is 2. The van der Waals surface area contributed by atoms with Crippen LogP contribution in [0.3, 0.4) is 0 Å². The van der Waals surface area contributed by atoms with E-state index < -0.39 is 47.3 Å². The molecule has 0 radical (unpaired) electrons. The summed E-state index contributed by atoms with van der Waals surface area (Å²) < 4.78 is 47.9. The van der Waals surface area contributed by atoms with Crippen LogP contribution in [-0.2, 0) is 16.7 Å². The maximum Gasteiger partial charge on any atom is 0.283 e. The van der Waals surface area contributed by atoms with Gasteiger partial charge in [-0.2, -0.15) is 0 Å². The second kappa shape index (κ2) is 6.84. The van der Waals surface area contributed by atoms with Crippen LogP contribution in [0.25, 0.3) is 4.85 Å². The van der Waals surface area contributed by atoms with Gasteiger partial charge < -0.3 is 10.5 Å². The normalized spacial score (nSPS) is 24.9. The number of ketones is 1. The maximum atomic E-state index is 14.5. The number of halogens is 3. The zero-order valence-electron chi connectivity index (χ0n) is 14.8. The van der Waals surface area contributed by atoms with Crippen molar-refractivity contribution in [2.45, 2.75) is 30.9 Å². The number of pyridine rings is 2. The smallest absolute Gasteiger partial charge is 0.283 e. The third-order valence-corrected chi connectivity index (χ3v) is 4.98.